The Kier molecular flexibility index (Phi) is 6.89. The highest BCUT2D eigenvalue weighted by molar-refractivity contribution is 6.30. The van der Waals surface area contributed by atoms with Crippen molar-refractivity contribution >= 4 is 17.6 Å². The standard InChI is InChI=1S/C15H22ClNO2/c1-4-5-10-19-15(18)11-17(3)12(2)13-6-8-14(16)9-7-13/h6-9,12H,4-5,10-11H2,1-3H3. The molecule has 19 heavy (non-hydrogen) atoms. The number of nitrogens with zero attached hydrogens (tertiary/aromatic N) is 1. The Labute approximate surface area is 120 Å². The van der Waals surface area contributed by atoms with E-state index in [9.17, 15) is 4.79 Å². The summed E-state index contributed by atoms with van der Waals surface area (Å²) in [5, 5.41) is 0.720. The molecule has 1 aromatic carbocycles. The van der Waals surface area contributed by atoms with E-state index in [4.69, 9.17) is 16.3 Å². The van der Waals surface area contributed by atoms with E-state index in [2.05, 4.69) is 13.8 Å². The Morgan fingerprint density at radius 1 is 1.37 bits per heavy atom. The molecule has 1 unspecified atom stereocenters. The van der Waals surface area contributed by atoms with Crippen LogP contribution in [0.3, 0.4) is 0 Å². The Morgan fingerprint density at radius 2 is 2.00 bits per heavy atom. The molecule has 106 valence electrons. The molecule has 0 saturated carbocycles. The number of ether oxygens (including phenoxy) is 1. The monoisotopic (exact) mass is 283 g/mol. The highest BCUT2D eigenvalue weighted by Gasteiger charge is 2.15. The van der Waals surface area contributed by atoms with Crippen molar-refractivity contribution < 1.29 is 9.53 Å². The van der Waals surface area contributed by atoms with Crippen LogP contribution in [0.5, 0.6) is 0 Å². The summed E-state index contributed by atoms with van der Waals surface area (Å²) in [6.45, 7) is 4.94. The zero-order valence-electron chi connectivity index (χ0n) is 11.9. The summed E-state index contributed by atoms with van der Waals surface area (Å²) in [4.78, 5) is 13.6. The van der Waals surface area contributed by atoms with Crippen LogP contribution < -0.4 is 0 Å². The second-order valence-electron chi connectivity index (χ2n) is 4.72. The van der Waals surface area contributed by atoms with Gasteiger partial charge in [0.2, 0.25) is 0 Å². The molecule has 1 atom stereocenters. The van der Waals surface area contributed by atoms with Gasteiger partial charge in [0.05, 0.1) is 13.2 Å². The first-order valence-corrected chi connectivity index (χ1v) is 7.03. The van der Waals surface area contributed by atoms with Crippen molar-refractivity contribution in [2.75, 3.05) is 20.2 Å². The number of halogens is 1. The van der Waals surface area contributed by atoms with Crippen LogP contribution >= 0.6 is 11.6 Å². The SMILES string of the molecule is CCCCOC(=O)CN(C)C(C)c1ccc(Cl)cc1. The lowest BCUT2D eigenvalue weighted by Crippen LogP contribution is -2.30. The summed E-state index contributed by atoms with van der Waals surface area (Å²) in [6.07, 6.45) is 1.95. The number of hydrogen-bond acceptors (Lipinski definition) is 3. The number of likely N-dealkylation sites (N-methyl/N-ethyl adjacent to an activating group) is 1. The van der Waals surface area contributed by atoms with E-state index >= 15 is 0 Å². The molecule has 0 bridgehead atoms. The molecular formula is C15H22ClNO2. The summed E-state index contributed by atoms with van der Waals surface area (Å²) >= 11 is 5.86. The first kappa shape index (κ1) is 16.0. The normalized spacial score (nSPS) is 12.5. The van der Waals surface area contributed by atoms with Gasteiger partial charge in [-0.2, -0.15) is 0 Å². The predicted molar refractivity (Wildman–Crippen MR) is 78.4 cm³/mol. The molecule has 1 rings (SSSR count). The van der Waals surface area contributed by atoms with Crippen molar-refractivity contribution in [1.82, 2.24) is 4.90 Å². The van der Waals surface area contributed by atoms with Crippen LogP contribution in [0, 0.1) is 0 Å². The van der Waals surface area contributed by atoms with Crippen LogP contribution in [0.25, 0.3) is 0 Å². The first-order chi connectivity index (χ1) is 9.04. The lowest BCUT2D eigenvalue weighted by molar-refractivity contribution is -0.145. The highest BCUT2D eigenvalue weighted by atomic mass is 35.5. The second kappa shape index (κ2) is 8.18. The van der Waals surface area contributed by atoms with Gasteiger partial charge in [-0.05, 0) is 38.1 Å². The Morgan fingerprint density at radius 3 is 2.58 bits per heavy atom. The Hall–Kier alpha value is -1.06. The minimum atomic E-state index is -0.170. The van der Waals surface area contributed by atoms with Crippen LogP contribution in [0.2, 0.25) is 5.02 Å². The van der Waals surface area contributed by atoms with Crippen LogP contribution in [0.15, 0.2) is 24.3 Å². The van der Waals surface area contributed by atoms with E-state index in [0.717, 1.165) is 23.4 Å². The van der Waals surface area contributed by atoms with Gasteiger partial charge in [0.15, 0.2) is 0 Å². The van der Waals surface area contributed by atoms with Crippen molar-refractivity contribution in [1.29, 1.82) is 0 Å². The average molecular weight is 284 g/mol. The molecule has 0 aromatic heterocycles. The number of carbonyl (C=O) groups excluding carboxylic acids is 1. The van der Waals surface area contributed by atoms with Crippen LogP contribution in [0.4, 0.5) is 0 Å². The third-order valence-electron chi connectivity index (χ3n) is 3.15. The maximum absolute atomic E-state index is 11.6. The highest BCUT2D eigenvalue weighted by Crippen LogP contribution is 2.20. The maximum Gasteiger partial charge on any atom is 0.320 e. The third-order valence-corrected chi connectivity index (χ3v) is 3.40. The summed E-state index contributed by atoms with van der Waals surface area (Å²) < 4.78 is 5.16. The van der Waals surface area contributed by atoms with Crippen molar-refractivity contribution in [3.63, 3.8) is 0 Å². The minimum absolute atomic E-state index is 0.149. The maximum atomic E-state index is 11.6. The second-order valence-corrected chi connectivity index (χ2v) is 5.15. The number of carbonyl (C=O) groups is 1. The molecule has 0 aliphatic heterocycles. The molecule has 0 aliphatic rings. The number of esters is 1. The molecule has 0 radical (unpaired) electrons. The lowest BCUT2D eigenvalue weighted by Gasteiger charge is -2.24. The topological polar surface area (TPSA) is 29.5 Å². The largest absolute Gasteiger partial charge is 0.465 e. The fourth-order valence-electron chi connectivity index (χ4n) is 1.71. The molecule has 3 nitrogen and oxygen atoms in total. The number of benzene rings is 1. The summed E-state index contributed by atoms with van der Waals surface area (Å²) in [5.41, 5.74) is 1.13. The fraction of sp³-hybridized carbons (Fsp3) is 0.533. The molecule has 0 spiro atoms. The molecule has 4 heteroatoms. The van der Waals surface area contributed by atoms with Gasteiger partial charge in [-0.25, -0.2) is 0 Å². The van der Waals surface area contributed by atoms with Gasteiger partial charge in [0, 0.05) is 11.1 Å². The molecule has 0 N–H and O–H groups in total. The van der Waals surface area contributed by atoms with Crippen molar-refractivity contribution in [3.05, 3.63) is 34.9 Å². The van der Waals surface area contributed by atoms with Gasteiger partial charge in [0.25, 0.3) is 0 Å². The van der Waals surface area contributed by atoms with E-state index in [1.165, 1.54) is 0 Å². The van der Waals surface area contributed by atoms with Gasteiger partial charge in [-0.3, -0.25) is 9.69 Å². The minimum Gasteiger partial charge on any atom is -0.465 e. The van der Waals surface area contributed by atoms with E-state index in [1.807, 2.05) is 36.2 Å². The molecular weight excluding hydrogens is 262 g/mol. The molecule has 1 aromatic rings. The van der Waals surface area contributed by atoms with Crippen LogP contribution in [-0.2, 0) is 9.53 Å². The van der Waals surface area contributed by atoms with Crippen molar-refractivity contribution in [2.24, 2.45) is 0 Å². The quantitative estimate of drug-likeness (QED) is 0.565. The third kappa shape index (κ3) is 5.62. The lowest BCUT2D eigenvalue weighted by atomic mass is 10.1. The van der Waals surface area contributed by atoms with Crippen LogP contribution in [-0.4, -0.2) is 31.1 Å². The smallest absolute Gasteiger partial charge is 0.320 e. The first-order valence-electron chi connectivity index (χ1n) is 6.66. The molecule has 0 amide bonds. The van der Waals surface area contributed by atoms with Gasteiger partial charge in [0.1, 0.15) is 0 Å². The van der Waals surface area contributed by atoms with E-state index in [-0.39, 0.29) is 12.0 Å². The van der Waals surface area contributed by atoms with E-state index < -0.39 is 0 Å². The van der Waals surface area contributed by atoms with Gasteiger partial charge < -0.3 is 4.74 Å². The number of rotatable bonds is 7. The zero-order chi connectivity index (χ0) is 14.3. The molecule has 0 aliphatic carbocycles. The number of hydrogen-bond donors (Lipinski definition) is 0. The average Bonchev–Trinajstić information content (AvgIpc) is 2.39. The summed E-state index contributed by atoms with van der Waals surface area (Å²) in [5.74, 6) is -0.170. The fourth-order valence-corrected chi connectivity index (χ4v) is 1.84. The van der Waals surface area contributed by atoms with Crippen LogP contribution in [0.1, 0.15) is 38.3 Å². The zero-order valence-corrected chi connectivity index (χ0v) is 12.6. The molecule has 0 heterocycles. The Balaban J connectivity index is 2.46. The molecule has 0 saturated heterocycles. The predicted octanol–water partition coefficient (Wildman–Crippen LogP) is 3.68. The summed E-state index contributed by atoms with van der Waals surface area (Å²) in [6, 6.07) is 7.83. The summed E-state index contributed by atoms with van der Waals surface area (Å²) in [7, 11) is 1.92. The van der Waals surface area contributed by atoms with Gasteiger partial charge in [-0.1, -0.05) is 37.1 Å². The van der Waals surface area contributed by atoms with Gasteiger partial charge >= 0.3 is 5.97 Å². The molecule has 0 fully saturated rings. The van der Waals surface area contributed by atoms with Crippen molar-refractivity contribution in [3.8, 4) is 0 Å². The van der Waals surface area contributed by atoms with Gasteiger partial charge in [-0.15, -0.1) is 0 Å². The van der Waals surface area contributed by atoms with Crippen molar-refractivity contribution in [2.45, 2.75) is 32.7 Å². The Bertz CT molecular complexity index is 392. The van der Waals surface area contributed by atoms with E-state index in [0.29, 0.717) is 13.2 Å². The number of unbranched alkanes of at least 4 members (excludes halogenated alkanes) is 1. The van der Waals surface area contributed by atoms with E-state index in [1.54, 1.807) is 0 Å².